The van der Waals surface area contributed by atoms with E-state index in [2.05, 4.69) is 34.4 Å². The van der Waals surface area contributed by atoms with Crippen molar-refractivity contribution in [3.63, 3.8) is 0 Å². The SMILES string of the molecule is CCc1ccc(Cn2nnc(-c3c(C(N)=O)nc4ccccc4c3C(N)=O)c2C)cc1. The molecule has 2 aromatic carbocycles. The maximum absolute atomic E-state index is 12.4. The Balaban J connectivity index is 1.88. The molecule has 0 saturated carbocycles. The molecule has 0 aliphatic carbocycles. The Morgan fingerprint density at radius 1 is 0.968 bits per heavy atom. The zero-order valence-electron chi connectivity index (χ0n) is 17.3. The average Bonchev–Trinajstić information content (AvgIpc) is 3.12. The minimum Gasteiger partial charge on any atom is -0.366 e. The van der Waals surface area contributed by atoms with Crippen LogP contribution in [0.2, 0.25) is 0 Å². The van der Waals surface area contributed by atoms with Crippen LogP contribution in [0.3, 0.4) is 0 Å². The first kappa shape index (κ1) is 20.2. The molecule has 2 amide bonds. The first-order valence-electron chi connectivity index (χ1n) is 9.91. The second-order valence-corrected chi connectivity index (χ2v) is 7.31. The van der Waals surface area contributed by atoms with Crippen LogP contribution >= 0.6 is 0 Å². The second kappa shape index (κ2) is 7.98. The number of nitrogens with zero attached hydrogens (tertiary/aromatic N) is 4. The summed E-state index contributed by atoms with van der Waals surface area (Å²) in [5, 5.41) is 9.04. The summed E-state index contributed by atoms with van der Waals surface area (Å²) in [6.07, 6.45) is 0.966. The van der Waals surface area contributed by atoms with Gasteiger partial charge in [0, 0.05) is 10.9 Å². The predicted octanol–water partition coefficient (Wildman–Crippen LogP) is 2.61. The molecule has 4 rings (SSSR count). The summed E-state index contributed by atoms with van der Waals surface area (Å²) in [7, 11) is 0. The first-order valence-corrected chi connectivity index (χ1v) is 9.91. The quantitative estimate of drug-likeness (QED) is 0.501. The van der Waals surface area contributed by atoms with Crippen LogP contribution < -0.4 is 11.5 Å². The molecule has 2 heterocycles. The Kier molecular flexibility index (Phi) is 5.21. The number of fused-ring (bicyclic) bond motifs is 1. The number of rotatable bonds is 6. The molecule has 8 heteroatoms. The Hall–Kier alpha value is -4.07. The van der Waals surface area contributed by atoms with E-state index in [0.29, 0.717) is 28.8 Å². The Morgan fingerprint density at radius 2 is 1.65 bits per heavy atom. The van der Waals surface area contributed by atoms with Crippen molar-refractivity contribution < 1.29 is 9.59 Å². The highest BCUT2D eigenvalue weighted by atomic mass is 16.1. The number of benzene rings is 2. The van der Waals surface area contributed by atoms with E-state index in [-0.39, 0.29) is 16.8 Å². The topological polar surface area (TPSA) is 130 Å². The summed E-state index contributed by atoms with van der Waals surface area (Å²) >= 11 is 0. The molecule has 0 radical (unpaired) electrons. The number of hydrogen-bond donors (Lipinski definition) is 2. The summed E-state index contributed by atoms with van der Waals surface area (Å²) in [5.41, 5.74) is 15.4. The maximum atomic E-state index is 12.4. The molecule has 0 atom stereocenters. The van der Waals surface area contributed by atoms with Gasteiger partial charge in [0.15, 0.2) is 0 Å². The van der Waals surface area contributed by atoms with Crippen molar-refractivity contribution >= 4 is 22.7 Å². The van der Waals surface area contributed by atoms with Gasteiger partial charge in [0.25, 0.3) is 5.91 Å². The normalized spacial score (nSPS) is 11.0. The van der Waals surface area contributed by atoms with Crippen LogP contribution in [0.25, 0.3) is 22.2 Å². The molecular weight excluding hydrogens is 392 g/mol. The molecule has 31 heavy (non-hydrogen) atoms. The molecule has 0 saturated heterocycles. The molecule has 0 bridgehead atoms. The number of carbonyl (C=O) groups excluding carboxylic acids is 2. The van der Waals surface area contributed by atoms with Crippen molar-refractivity contribution in [2.45, 2.75) is 26.8 Å². The van der Waals surface area contributed by atoms with Gasteiger partial charge in [0.1, 0.15) is 11.4 Å². The highest BCUT2D eigenvalue weighted by molar-refractivity contribution is 6.15. The summed E-state index contributed by atoms with van der Waals surface area (Å²) in [6.45, 7) is 4.41. The van der Waals surface area contributed by atoms with E-state index in [0.717, 1.165) is 12.0 Å². The van der Waals surface area contributed by atoms with E-state index in [1.807, 2.05) is 19.1 Å². The van der Waals surface area contributed by atoms with Gasteiger partial charge >= 0.3 is 0 Å². The van der Waals surface area contributed by atoms with Crippen LogP contribution in [-0.2, 0) is 13.0 Å². The van der Waals surface area contributed by atoms with Gasteiger partial charge in [0.2, 0.25) is 5.91 Å². The van der Waals surface area contributed by atoms with Crippen LogP contribution in [0.4, 0.5) is 0 Å². The number of primary amides is 2. The van der Waals surface area contributed by atoms with Crippen LogP contribution in [0.5, 0.6) is 0 Å². The molecule has 4 aromatic rings. The number of amides is 2. The fourth-order valence-corrected chi connectivity index (χ4v) is 3.67. The summed E-state index contributed by atoms with van der Waals surface area (Å²) in [5.74, 6) is -1.47. The molecule has 2 aromatic heterocycles. The highest BCUT2D eigenvalue weighted by Crippen LogP contribution is 2.32. The lowest BCUT2D eigenvalue weighted by atomic mass is 9.96. The average molecular weight is 414 g/mol. The molecule has 156 valence electrons. The van der Waals surface area contributed by atoms with E-state index < -0.39 is 11.8 Å². The monoisotopic (exact) mass is 414 g/mol. The van der Waals surface area contributed by atoms with E-state index in [9.17, 15) is 9.59 Å². The van der Waals surface area contributed by atoms with Gasteiger partial charge in [-0.25, -0.2) is 9.67 Å². The van der Waals surface area contributed by atoms with Crippen LogP contribution in [0.1, 0.15) is 44.6 Å². The molecule has 0 spiro atoms. The van der Waals surface area contributed by atoms with Crippen LogP contribution in [0, 0.1) is 6.92 Å². The highest BCUT2D eigenvalue weighted by Gasteiger charge is 2.26. The molecule has 8 nitrogen and oxygen atoms in total. The Bertz CT molecular complexity index is 1310. The van der Waals surface area contributed by atoms with Gasteiger partial charge in [-0.15, -0.1) is 5.10 Å². The molecule has 0 aliphatic rings. The van der Waals surface area contributed by atoms with Gasteiger partial charge in [0.05, 0.1) is 23.3 Å². The Labute approximate surface area is 178 Å². The second-order valence-electron chi connectivity index (χ2n) is 7.31. The van der Waals surface area contributed by atoms with Crippen molar-refractivity contribution in [1.29, 1.82) is 0 Å². The summed E-state index contributed by atoms with van der Waals surface area (Å²) in [4.78, 5) is 29.1. The van der Waals surface area contributed by atoms with Crippen molar-refractivity contribution in [1.82, 2.24) is 20.0 Å². The smallest absolute Gasteiger partial charge is 0.268 e. The fourth-order valence-electron chi connectivity index (χ4n) is 3.67. The van der Waals surface area contributed by atoms with Crippen LogP contribution in [-0.4, -0.2) is 31.8 Å². The molecular formula is C23H22N6O2. The van der Waals surface area contributed by atoms with Crippen molar-refractivity contribution in [2.24, 2.45) is 11.5 Å². The lowest BCUT2D eigenvalue weighted by molar-refractivity contribution is 0.0996. The minimum absolute atomic E-state index is 0.0602. The zero-order chi connectivity index (χ0) is 22.1. The Morgan fingerprint density at radius 3 is 2.29 bits per heavy atom. The lowest BCUT2D eigenvalue weighted by Gasteiger charge is -2.13. The van der Waals surface area contributed by atoms with Gasteiger partial charge in [-0.2, -0.15) is 0 Å². The van der Waals surface area contributed by atoms with E-state index in [1.165, 1.54) is 5.56 Å². The van der Waals surface area contributed by atoms with E-state index in [1.54, 1.807) is 28.9 Å². The lowest BCUT2D eigenvalue weighted by Crippen LogP contribution is -2.21. The van der Waals surface area contributed by atoms with Gasteiger partial charge in [-0.3, -0.25) is 9.59 Å². The zero-order valence-corrected chi connectivity index (χ0v) is 17.3. The number of nitrogens with two attached hydrogens (primary N) is 2. The largest absolute Gasteiger partial charge is 0.366 e. The number of hydrogen-bond acceptors (Lipinski definition) is 5. The maximum Gasteiger partial charge on any atom is 0.268 e. The molecule has 0 fully saturated rings. The molecule has 4 N–H and O–H groups in total. The number of para-hydroxylation sites is 1. The van der Waals surface area contributed by atoms with Crippen molar-refractivity contribution in [2.75, 3.05) is 0 Å². The number of pyridine rings is 1. The van der Waals surface area contributed by atoms with E-state index >= 15 is 0 Å². The van der Waals surface area contributed by atoms with Gasteiger partial charge in [-0.05, 0) is 30.5 Å². The number of aryl methyl sites for hydroxylation is 1. The third-order valence-electron chi connectivity index (χ3n) is 5.36. The summed E-state index contributed by atoms with van der Waals surface area (Å²) in [6, 6.07) is 15.2. The van der Waals surface area contributed by atoms with E-state index in [4.69, 9.17) is 11.5 Å². The van der Waals surface area contributed by atoms with Crippen molar-refractivity contribution in [3.8, 4) is 11.3 Å². The predicted molar refractivity (Wildman–Crippen MR) is 117 cm³/mol. The van der Waals surface area contributed by atoms with Crippen LogP contribution in [0.15, 0.2) is 48.5 Å². The van der Waals surface area contributed by atoms with Crippen molar-refractivity contribution in [3.05, 3.63) is 76.6 Å². The summed E-state index contributed by atoms with van der Waals surface area (Å²) < 4.78 is 1.71. The fraction of sp³-hybridized carbons (Fsp3) is 0.174. The van der Waals surface area contributed by atoms with Gasteiger partial charge < -0.3 is 11.5 Å². The first-order chi connectivity index (χ1) is 14.9. The molecule has 0 unspecified atom stereocenters. The molecule has 0 aliphatic heterocycles. The minimum atomic E-state index is -0.771. The number of aromatic nitrogens is 4. The van der Waals surface area contributed by atoms with Gasteiger partial charge in [-0.1, -0.05) is 54.6 Å². The standard InChI is InChI=1S/C23H22N6O2/c1-3-14-8-10-15(11-9-14)12-29-13(2)20(27-28-29)19-18(22(24)30)16-6-4-5-7-17(16)26-21(19)23(25)31/h4-11H,3,12H2,1-2H3,(H2,24,30)(H2,25,31). The third-order valence-corrected chi connectivity index (χ3v) is 5.36. The number of carbonyl (C=O) groups is 2. The third kappa shape index (κ3) is 3.63.